The molecule has 292 valence electrons. The summed E-state index contributed by atoms with van der Waals surface area (Å²) < 4.78 is 33.2. The van der Waals surface area contributed by atoms with Gasteiger partial charge in [-0.3, -0.25) is 4.57 Å². The van der Waals surface area contributed by atoms with Crippen LogP contribution in [0.15, 0.2) is 195 Å². The maximum absolute atomic E-state index is 6.46. The van der Waals surface area contributed by atoms with Gasteiger partial charge in [0, 0.05) is 59.6 Å². The van der Waals surface area contributed by atoms with Gasteiger partial charge < -0.3 is 28.6 Å². The van der Waals surface area contributed by atoms with E-state index in [4.69, 9.17) is 33.7 Å². The zero-order valence-electron chi connectivity index (χ0n) is 32.2. The Morgan fingerprint density at radius 1 is 0.393 bits per heavy atom. The first-order valence-corrected chi connectivity index (χ1v) is 19.5. The van der Waals surface area contributed by atoms with Gasteiger partial charge in [-0.2, -0.15) is 0 Å². The van der Waals surface area contributed by atoms with Crippen LogP contribution >= 0.6 is 0 Å². The van der Waals surface area contributed by atoms with Crippen LogP contribution in [0.5, 0.6) is 57.8 Å². The largest absolute Gasteiger partial charge is 0.457 e. The molecule has 0 N–H and O–H groups in total. The first-order valence-electron chi connectivity index (χ1n) is 19.5. The summed E-state index contributed by atoms with van der Waals surface area (Å²) in [6, 6.07) is 53.8. The summed E-state index contributed by atoms with van der Waals surface area (Å²) in [6.07, 6.45) is 7.04. The molecular formula is C50H32N6O5. The quantitative estimate of drug-likeness (QED) is 0.133. The van der Waals surface area contributed by atoms with E-state index in [2.05, 4.69) is 14.9 Å². The molecule has 0 aliphatic carbocycles. The zero-order valence-corrected chi connectivity index (χ0v) is 32.2. The zero-order chi connectivity index (χ0) is 40.5. The van der Waals surface area contributed by atoms with Crippen molar-refractivity contribution >= 4 is 38.9 Å². The van der Waals surface area contributed by atoms with Gasteiger partial charge in [0.15, 0.2) is 11.5 Å². The molecule has 5 heterocycles. The molecule has 0 saturated heterocycles. The predicted octanol–water partition coefficient (Wildman–Crippen LogP) is 13.1. The Morgan fingerprint density at radius 2 is 0.852 bits per heavy atom. The van der Waals surface area contributed by atoms with E-state index < -0.39 is 0 Å². The lowest BCUT2D eigenvalue weighted by Crippen LogP contribution is -2.16. The normalized spacial score (nSPS) is 11.7. The molecule has 0 unspecified atom stereocenters. The van der Waals surface area contributed by atoms with Crippen LogP contribution in [0.4, 0.5) is 17.1 Å². The van der Waals surface area contributed by atoms with E-state index in [0.29, 0.717) is 52.2 Å². The van der Waals surface area contributed by atoms with E-state index in [0.717, 1.165) is 50.4 Å². The molecule has 6 aromatic carbocycles. The molecule has 0 saturated carbocycles. The number of benzene rings is 6. The van der Waals surface area contributed by atoms with E-state index in [9.17, 15) is 0 Å². The van der Waals surface area contributed by atoms with Crippen LogP contribution in [0.2, 0.25) is 0 Å². The molecule has 11 heteroatoms. The van der Waals surface area contributed by atoms with Gasteiger partial charge in [-0.1, -0.05) is 48.5 Å². The Balaban J connectivity index is 0.986. The minimum absolute atomic E-state index is 0.462. The molecular weight excluding hydrogens is 765 g/mol. The van der Waals surface area contributed by atoms with Crippen molar-refractivity contribution in [3.8, 4) is 63.7 Å². The number of aromatic nitrogens is 5. The Morgan fingerprint density at radius 3 is 1.34 bits per heavy atom. The number of hydrogen-bond donors (Lipinski definition) is 0. The van der Waals surface area contributed by atoms with E-state index >= 15 is 0 Å². The molecule has 11 rings (SSSR count). The molecule has 0 atom stereocenters. The molecule has 4 aromatic heterocycles. The molecule has 0 fully saturated rings. The monoisotopic (exact) mass is 796 g/mol. The van der Waals surface area contributed by atoms with Gasteiger partial charge in [0.1, 0.15) is 34.5 Å². The van der Waals surface area contributed by atoms with Crippen LogP contribution in [-0.2, 0) is 0 Å². The SMILES string of the molecule is c1ccc(Oc2cccc(Oc3ccc4c5ccc(Oc6cccc(Oc7ccccn7)c6)cc5n(-c5ncc(N6c7ccccc7Oc7ccccc76)cn5)c4c3)c2)nc1. The third-order valence-electron chi connectivity index (χ3n) is 10.0. The molecule has 0 bridgehead atoms. The summed E-state index contributed by atoms with van der Waals surface area (Å²) in [5.74, 6) is 6.59. The summed E-state index contributed by atoms with van der Waals surface area (Å²) in [7, 11) is 0. The van der Waals surface area contributed by atoms with Crippen LogP contribution in [0.1, 0.15) is 0 Å². The Kier molecular flexibility index (Phi) is 8.86. The number of nitrogens with zero attached hydrogens (tertiary/aromatic N) is 6. The highest BCUT2D eigenvalue weighted by atomic mass is 16.5. The number of hydrogen-bond acceptors (Lipinski definition) is 10. The fourth-order valence-electron chi connectivity index (χ4n) is 7.38. The van der Waals surface area contributed by atoms with Crippen molar-refractivity contribution in [2.24, 2.45) is 0 Å². The number of anilines is 3. The molecule has 0 radical (unpaired) electrons. The van der Waals surface area contributed by atoms with Crippen LogP contribution < -0.4 is 28.6 Å². The van der Waals surface area contributed by atoms with Gasteiger partial charge in [-0.05, 0) is 84.9 Å². The van der Waals surface area contributed by atoms with Crippen molar-refractivity contribution in [3.63, 3.8) is 0 Å². The average Bonchev–Trinajstić information content (AvgIpc) is 3.62. The molecule has 0 amide bonds. The van der Waals surface area contributed by atoms with Crippen molar-refractivity contribution in [2.45, 2.75) is 0 Å². The number of fused-ring (bicyclic) bond motifs is 5. The maximum atomic E-state index is 6.46. The van der Waals surface area contributed by atoms with Crippen LogP contribution in [-0.4, -0.2) is 24.5 Å². The molecule has 1 aliphatic rings. The third-order valence-corrected chi connectivity index (χ3v) is 10.0. The van der Waals surface area contributed by atoms with E-state index in [1.54, 1.807) is 24.5 Å². The van der Waals surface area contributed by atoms with Gasteiger partial charge in [-0.25, -0.2) is 19.9 Å². The fraction of sp³-hybridized carbons (Fsp3) is 0. The van der Waals surface area contributed by atoms with E-state index in [1.165, 1.54) is 0 Å². The average molecular weight is 797 g/mol. The lowest BCUT2D eigenvalue weighted by Gasteiger charge is -2.32. The molecule has 0 spiro atoms. The summed E-state index contributed by atoms with van der Waals surface area (Å²) >= 11 is 0. The van der Waals surface area contributed by atoms with Crippen molar-refractivity contribution in [1.29, 1.82) is 0 Å². The van der Waals surface area contributed by atoms with Gasteiger partial charge in [0.05, 0.1) is 40.5 Å². The van der Waals surface area contributed by atoms with Crippen molar-refractivity contribution < 1.29 is 23.7 Å². The van der Waals surface area contributed by atoms with Crippen LogP contribution in [0, 0.1) is 0 Å². The van der Waals surface area contributed by atoms with Crippen LogP contribution in [0.3, 0.4) is 0 Å². The molecule has 11 nitrogen and oxygen atoms in total. The van der Waals surface area contributed by atoms with Gasteiger partial charge in [-0.15, -0.1) is 0 Å². The maximum Gasteiger partial charge on any atom is 0.234 e. The second-order valence-electron chi connectivity index (χ2n) is 14.0. The number of ether oxygens (including phenoxy) is 5. The molecule has 10 aromatic rings. The lowest BCUT2D eigenvalue weighted by atomic mass is 10.1. The van der Waals surface area contributed by atoms with Gasteiger partial charge >= 0.3 is 0 Å². The summed E-state index contributed by atoms with van der Waals surface area (Å²) in [5, 5.41) is 1.96. The Bertz CT molecular complexity index is 3010. The summed E-state index contributed by atoms with van der Waals surface area (Å²) in [6.45, 7) is 0. The molecule has 61 heavy (non-hydrogen) atoms. The first kappa shape index (κ1) is 35.5. The minimum atomic E-state index is 0.462. The van der Waals surface area contributed by atoms with Crippen molar-refractivity contribution in [3.05, 3.63) is 195 Å². The van der Waals surface area contributed by atoms with Gasteiger partial charge in [0.2, 0.25) is 17.7 Å². The lowest BCUT2D eigenvalue weighted by molar-refractivity contribution is 0.448. The Hall–Kier alpha value is -8.70. The Labute approximate surface area is 349 Å². The van der Waals surface area contributed by atoms with Crippen LogP contribution in [0.25, 0.3) is 27.8 Å². The van der Waals surface area contributed by atoms with Crippen molar-refractivity contribution in [1.82, 2.24) is 24.5 Å². The highest BCUT2D eigenvalue weighted by molar-refractivity contribution is 6.09. The number of rotatable bonds is 10. The first-order chi connectivity index (χ1) is 30.2. The second-order valence-corrected chi connectivity index (χ2v) is 14.0. The standard InChI is InChI=1S/C50H32N6O5/c1-3-17-46-42(15-1)55(43-16-2-4-18-47(43)61-46)33-31-53-50(54-32-33)56-44-29-38(57-34-11-9-13-36(27-34)59-48-19-5-7-25-51-48)21-23-40(44)41-24-22-39(30-45(41)56)58-35-12-10-14-37(28-35)60-49-20-6-8-26-52-49/h1-32H. The topological polar surface area (TPSA) is 106 Å². The van der Waals surface area contributed by atoms with Gasteiger partial charge in [0.25, 0.3) is 0 Å². The smallest absolute Gasteiger partial charge is 0.234 e. The van der Waals surface area contributed by atoms with Crippen molar-refractivity contribution in [2.75, 3.05) is 4.90 Å². The summed E-state index contributed by atoms with van der Waals surface area (Å²) in [5.41, 5.74) is 4.24. The summed E-state index contributed by atoms with van der Waals surface area (Å²) in [4.78, 5) is 20.7. The van der Waals surface area contributed by atoms with E-state index in [-0.39, 0.29) is 0 Å². The fourth-order valence-corrected chi connectivity index (χ4v) is 7.38. The highest BCUT2D eigenvalue weighted by Gasteiger charge is 2.26. The number of pyridine rings is 2. The second kappa shape index (κ2) is 15.2. The molecule has 1 aliphatic heterocycles. The minimum Gasteiger partial charge on any atom is -0.457 e. The predicted molar refractivity (Wildman–Crippen MR) is 233 cm³/mol. The number of para-hydroxylation sites is 4. The van der Waals surface area contributed by atoms with E-state index in [1.807, 2.05) is 175 Å². The third kappa shape index (κ3) is 7.02. The highest BCUT2D eigenvalue weighted by Crippen LogP contribution is 2.50.